The minimum Gasteiger partial charge on any atom is -0.462 e. The number of hydrogen-bond acceptors (Lipinski definition) is 4. The van der Waals surface area contributed by atoms with E-state index in [0.717, 1.165) is 0 Å². The van der Waals surface area contributed by atoms with Gasteiger partial charge in [-0.15, -0.1) is 0 Å². The molecule has 0 aromatic heterocycles. The Morgan fingerprint density at radius 1 is 1.50 bits per heavy atom. The minimum absolute atomic E-state index is 0.135. The van der Waals surface area contributed by atoms with E-state index in [1.54, 1.807) is 13.8 Å². The molecule has 0 radical (unpaired) electrons. The van der Waals surface area contributed by atoms with Gasteiger partial charge in [0.2, 0.25) is 10.9 Å². The highest BCUT2D eigenvalue weighted by Crippen LogP contribution is 2.21. The molecule has 0 saturated heterocycles. The van der Waals surface area contributed by atoms with Crippen LogP contribution < -0.4 is 4.72 Å². The summed E-state index contributed by atoms with van der Waals surface area (Å²) in [5.41, 5.74) is -0.146. The Kier molecular flexibility index (Phi) is 5.67. The molecule has 16 heavy (non-hydrogen) atoms. The van der Waals surface area contributed by atoms with Gasteiger partial charge in [0.1, 0.15) is 0 Å². The van der Waals surface area contributed by atoms with Crippen LogP contribution >= 0.6 is 0 Å². The van der Waals surface area contributed by atoms with Crippen molar-refractivity contribution in [2.45, 2.75) is 33.7 Å². The monoisotopic (exact) mass is 249 g/mol. The van der Waals surface area contributed by atoms with Crippen LogP contribution in [0.4, 0.5) is 0 Å². The number of carbonyl (C=O) groups excluding carboxylic acids is 1. The van der Waals surface area contributed by atoms with E-state index < -0.39 is 22.3 Å². The molecule has 1 N–H and O–H groups in total. The van der Waals surface area contributed by atoms with Gasteiger partial charge in [-0.25, -0.2) is 17.9 Å². The van der Waals surface area contributed by atoms with E-state index >= 15 is 0 Å². The summed E-state index contributed by atoms with van der Waals surface area (Å²) < 4.78 is 28.4. The summed E-state index contributed by atoms with van der Waals surface area (Å²) in [6, 6.07) is -0.313. The fourth-order valence-corrected chi connectivity index (χ4v) is 1.50. The van der Waals surface area contributed by atoms with Crippen LogP contribution in [0, 0.1) is 5.41 Å². The third-order valence-electron chi connectivity index (χ3n) is 2.40. The van der Waals surface area contributed by atoms with Gasteiger partial charge in [-0.05, 0) is 13.8 Å². The van der Waals surface area contributed by atoms with Gasteiger partial charge in [0.05, 0.1) is 6.61 Å². The fraction of sp³-hybridized carbons (Fsp3) is 0.700. The van der Waals surface area contributed by atoms with Gasteiger partial charge >= 0.3 is 5.97 Å². The lowest BCUT2D eigenvalue weighted by Crippen LogP contribution is -2.42. The van der Waals surface area contributed by atoms with Gasteiger partial charge < -0.3 is 4.74 Å². The summed E-state index contributed by atoms with van der Waals surface area (Å²) in [5.74, 6) is -0.466. The zero-order chi connectivity index (χ0) is 12.9. The first-order chi connectivity index (χ1) is 7.16. The van der Waals surface area contributed by atoms with Crippen LogP contribution in [0.15, 0.2) is 12.2 Å². The maximum atomic E-state index is 11.2. The molecule has 0 bridgehead atoms. The van der Waals surface area contributed by atoms with Crippen molar-refractivity contribution >= 4 is 16.9 Å². The molecule has 0 aliphatic heterocycles. The lowest BCUT2D eigenvalue weighted by atomic mass is 9.87. The molecule has 5 nitrogen and oxygen atoms in total. The van der Waals surface area contributed by atoms with E-state index in [-0.39, 0.29) is 12.6 Å². The molecule has 0 aliphatic carbocycles. The van der Waals surface area contributed by atoms with Crippen molar-refractivity contribution in [2.75, 3.05) is 6.61 Å². The summed E-state index contributed by atoms with van der Waals surface area (Å²) in [6.07, 6.45) is 0. The second kappa shape index (κ2) is 6.00. The topological polar surface area (TPSA) is 72.5 Å². The van der Waals surface area contributed by atoms with Crippen molar-refractivity contribution in [2.24, 2.45) is 5.41 Å². The number of carbonyl (C=O) groups is 1. The van der Waals surface area contributed by atoms with Crippen LogP contribution in [-0.2, 0) is 20.4 Å². The Labute approximate surface area is 98.0 Å². The molecular weight excluding hydrogens is 230 g/mol. The standard InChI is InChI=1S/C10H19NO4S/c1-7(2)9(12)15-6-10(4,5)8(3)11-16(13)14/h8,16H,1,6H2,2-5H3,(H,11,13,14). The van der Waals surface area contributed by atoms with E-state index in [1.165, 1.54) is 0 Å². The van der Waals surface area contributed by atoms with Crippen molar-refractivity contribution in [1.82, 2.24) is 4.72 Å². The quantitative estimate of drug-likeness (QED) is 0.411. The van der Waals surface area contributed by atoms with Crippen molar-refractivity contribution in [3.63, 3.8) is 0 Å². The van der Waals surface area contributed by atoms with Crippen LogP contribution in [0.3, 0.4) is 0 Å². The smallest absolute Gasteiger partial charge is 0.333 e. The first kappa shape index (κ1) is 15.1. The Balaban J connectivity index is 4.33. The third kappa shape index (κ3) is 5.27. The van der Waals surface area contributed by atoms with Crippen LogP contribution in [-0.4, -0.2) is 27.0 Å². The number of esters is 1. The van der Waals surface area contributed by atoms with Crippen molar-refractivity contribution < 1.29 is 17.9 Å². The van der Waals surface area contributed by atoms with Gasteiger partial charge in [-0.1, -0.05) is 20.4 Å². The molecule has 0 aromatic rings. The van der Waals surface area contributed by atoms with E-state index in [2.05, 4.69) is 11.3 Å². The number of thiol groups is 1. The molecule has 0 spiro atoms. The van der Waals surface area contributed by atoms with Crippen molar-refractivity contribution in [3.05, 3.63) is 12.2 Å². The third-order valence-corrected chi connectivity index (χ3v) is 2.99. The second-order valence-corrected chi connectivity index (χ2v) is 5.23. The highest BCUT2D eigenvalue weighted by Gasteiger charge is 2.28. The molecule has 0 aliphatic rings. The van der Waals surface area contributed by atoms with Gasteiger partial charge in [-0.2, -0.15) is 0 Å². The molecule has 0 rings (SSSR count). The largest absolute Gasteiger partial charge is 0.462 e. The van der Waals surface area contributed by atoms with Gasteiger partial charge in [-0.3, -0.25) is 0 Å². The van der Waals surface area contributed by atoms with Crippen LogP contribution in [0.2, 0.25) is 0 Å². The molecule has 0 saturated carbocycles. The van der Waals surface area contributed by atoms with Gasteiger partial charge in [0.25, 0.3) is 0 Å². The molecule has 0 amide bonds. The Bertz CT molecular complexity index is 339. The molecule has 0 fully saturated rings. The summed E-state index contributed by atoms with van der Waals surface area (Å²) in [7, 11) is -2.65. The maximum absolute atomic E-state index is 11.2. The second-order valence-electron chi connectivity index (χ2n) is 4.45. The molecule has 0 aromatic carbocycles. The minimum atomic E-state index is -2.65. The molecule has 6 heteroatoms. The predicted molar refractivity (Wildman–Crippen MR) is 62.5 cm³/mol. The number of ether oxygens (including phenoxy) is 1. The predicted octanol–water partition coefficient (Wildman–Crippen LogP) is 0.636. The summed E-state index contributed by atoms with van der Waals surface area (Å²) in [5, 5.41) is 0. The Morgan fingerprint density at radius 2 is 2.00 bits per heavy atom. The van der Waals surface area contributed by atoms with Crippen LogP contribution in [0.1, 0.15) is 27.7 Å². The normalized spacial score (nSPS) is 13.6. The van der Waals surface area contributed by atoms with Crippen LogP contribution in [0.5, 0.6) is 0 Å². The molecule has 0 heterocycles. The van der Waals surface area contributed by atoms with E-state index in [9.17, 15) is 13.2 Å². The Morgan fingerprint density at radius 3 is 2.38 bits per heavy atom. The summed E-state index contributed by atoms with van der Waals surface area (Å²) >= 11 is 0. The van der Waals surface area contributed by atoms with E-state index in [4.69, 9.17) is 4.74 Å². The van der Waals surface area contributed by atoms with Gasteiger partial charge in [0.15, 0.2) is 0 Å². The summed E-state index contributed by atoms with van der Waals surface area (Å²) in [6.45, 7) is 10.5. The van der Waals surface area contributed by atoms with Crippen molar-refractivity contribution in [3.8, 4) is 0 Å². The zero-order valence-corrected chi connectivity index (χ0v) is 11.0. The number of hydrogen-bond donors (Lipinski definition) is 2. The SMILES string of the molecule is C=C(C)C(=O)OCC(C)(C)C(C)N[SH](=O)=O. The van der Waals surface area contributed by atoms with E-state index in [0.29, 0.717) is 5.57 Å². The lowest BCUT2D eigenvalue weighted by molar-refractivity contribution is -0.142. The Hall–Kier alpha value is -0.880. The average molecular weight is 249 g/mol. The first-order valence-corrected chi connectivity index (χ1v) is 6.07. The first-order valence-electron chi connectivity index (χ1n) is 4.90. The molecule has 1 atom stereocenters. The molecule has 94 valence electrons. The lowest BCUT2D eigenvalue weighted by Gasteiger charge is -2.30. The summed E-state index contributed by atoms with van der Waals surface area (Å²) in [4.78, 5) is 11.2. The fourth-order valence-electron chi connectivity index (χ4n) is 0.833. The highest BCUT2D eigenvalue weighted by molar-refractivity contribution is 7.70. The highest BCUT2D eigenvalue weighted by atomic mass is 32.2. The number of rotatable bonds is 6. The zero-order valence-electron chi connectivity index (χ0n) is 10.1. The van der Waals surface area contributed by atoms with Crippen molar-refractivity contribution in [1.29, 1.82) is 0 Å². The average Bonchev–Trinajstić information content (AvgIpc) is 2.12. The van der Waals surface area contributed by atoms with Gasteiger partial charge in [0, 0.05) is 17.0 Å². The maximum Gasteiger partial charge on any atom is 0.333 e. The molecule has 1 unspecified atom stereocenters. The molecular formula is C10H19NO4S. The van der Waals surface area contributed by atoms with E-state index in [1.807, 2.05) is 13.8 Å². The number of nitrogens with one attached hydrogen (secondary N) is 1. The van der Waals surface area contributed by atoms with Crippen LogP contribution in [0.25, 0.3) is 0 Å².